The van der Waals surface area contributed by atoms with Gasteiger partial charge in [-0.1, -0.05) is 37.4 Å². The van der Waals surface area contributed by atoms with Crippen molar-refractivity contribution in [1.29, 1.82) is 0 Å². The van der Waals surface area contributed by atoms with Gasteiger partial charge in [-0.25, -0.2) is 4.39 Å². The van der Waals surface area contributed by atoms with Gasteiger partial charge in [0.15, 0.2) is 11.6 Å². The van der Waals surface area contributed by atoms with E-state index in [1.54, 1.807) is 12.1 Å². The molecule has 1 aliphatic carbocycles. The fourth-order valence-electron chi connectivity index (χ4n) is 2.62. The van der Waals surface area contributed by atoms with E-state index in [0.717, 1.165) is 12.5 Å². The lowest BCUT2D eigenvalue weighted by Gasteiger charge is -2.29. The highest BCUT2D eigenvalue weighted by Crippen LogP contribution is 2.25. The van der Waals surface area contributed by atoms with Crippen LogP contribution in [-0.4, -0.2) is 19.2 Å². The molecule has 2 nitrogen and oxygen atoms in total. The number of hydrogen-bond acceptors (Lipinski definition) is 2. The summed E-state index contributed by atoms with van der Waals surface area (Å²) in [5, 5.41) is 3.60. The quantitative estimate of drug-likeness (QED) is 0.825. The second-order valence-corrected chi connectivity index (χ2v) is 5.63. The molecule has 0 saturated heterocycles. The number of halogens is 2. The molecule has 0 radical (unpaired) electrons. The number of hydrogen-bond donors (Lipinski definition) is 1. The van der Waals surface area contributed by atoms with E-state index >= 15 is 0 Å². The molecular formula is C15H21ClFNO. The highest BCUT2D eigenvalue weighted by molar-refractivity contribution is 6.30. The Balaban J connectivity index is 1.73. The molecule has 0 amide bonds. The van der Waals surface area contributed by atoms with Crippen molar-refractivity contribution in [2.75, 3.05) is 13.2 Å². The maximum absolute atomic E-state index is 13.6. The Morgan fingerprint density at radius 2 is 2.16 bits per heavy atom. The molecular weight excluding hydrogens is 265 g/mol. The van der Waals surface area contributed by atoms with Crippen molar-refractivity contribution >= 4 is 11.6 Å². The predicted octanol–water partition coefficient (Wildman–Crippen LogP) is 4.03. The second kappa shape index (κ2) is 7.11. The summed E-state index contributed by atoms with van der Waals surface area (Å²) in [6, 6.07) is 5.38. The van der Waals surface area contributed by atoms with Gasteiger partial charge in [-0.15, -0.1) is 0 Å². The Bertz CT molecular complexity index is 413. The van der Waals surface area contributed by atoms with Crippen molar-refractivity contribution in [2.24, 2.45) is 5.92 Å². The van der Waals surface area contributed by atoms with Gasteiger partial charge in [-0.3, -0.25) is 0 Å². The number of ether oxygens (including phenoxy) is 1. The zero-order valence-corrected chi connectivity index (χ0v) is 12.0. The third-order valence-corrected chi connectivity index (χ3v) is 4.09. The molecule has 106 valence electrons. The monoisotopic (exact) mass is 285 g/mol. The van der Waals surface area contributed by atoms with Gasteiger partial charge in [0.05, 0.1) is 5.02 Å². The first-order valence-electron chi connectivity index (χ1n) is 6.98. The van der Waals surface area contributed by atoms with Crippen LogP contribution in [0.3, 0.4) is 0 Å². The van der Waals surface area contributed by atoms with Gasteiger partial charge in [0.1, 0.15) is 6.61 Å². The molecule has 1 aromatic rings. The van der Waals surface area contributed by atoms with E-state index in [-0.39, 0.29) is 10.8 Å². The van der Waals surface area contributed by atoms with Crippen molar-refractivity contribution < 1.29 is 9.13 Å². The molecule has 19 heavy (non-hydrogen) atoms. The number of benzene rings is 1. The Morgan fingerprint density at radius 3 is 2.95 bits per heavy atom. The number of nitrogens with one attached hydrogen (secondary N) is 1. The molecule has 1 N–H and O–H groups in total. The van der Waals surface area contributed by atoms with Crippen LogP contribution in [0.5, 0.6) is 5.75 Å². The topological polar surface area (TPSA) is 21.3 Å². The van der Waals surface area contributed by atoms with E-state index in [0.29, 0.717) is 12.6 Å². The summed E-state index contributed by atoms with van der Waals surface area (Å²) < 4.78 is 19.0. The van der Waals surface area contributed by atoms with Crippen molar-refractivity contribution in [2.45, 2.75) is 38.6 Å². The van der Waals surface area contributed by atoms with Gasteiger partial charge < -0.3 is 10.1 Å². The lowest BCUT2D eigenvalue weighted by atomic mass is 9.86. The normalized spacial score (nSPS) is 23.3. The molecule has 0 heterocycles. The highest BCUT2D eigenvalue weighted by Gasteiger charge is 2.20. The largest absolute Gasteiger partial charge is 0.489 e. The van der Waals surface area contributed by atoms with Crippen molar-refractivity contribution in [3.05, 3.63) is 29.0 Å². The van der Waals surface area contributed by atoms with Crippen LogP contribution in [0.15, 0.2) is 18.2 Å². The third kappa shape index (κ3) is 4.08. The molecule has 2 atom stereocenters. The SMILES string of the molecule is CC1CCCCC1NCCOc1cccc(Cl)c1F. The van der Waals surface area contributed by atoms with Crippen molar-refractivity contribution in [1.82, 2.24) is 5.32 Å². The molecule has 0 aromatic heterocycles. The van der Waals surface area contributed by atoms with Crippen LogP contribution in [0.4, 0.5) is 4.39 Å². The summed E-state index contributed by atoms with van der Waals surface area (Å²) in [4.78, 5) is 0. The van der Waals surface area contributed by atoms with Crippen LogP contribution in [0, 0.1) is 11.7 Å². The third-order valence-electron chi connectivity index (χ3n) is 3.79. The van der Waals surface area contributed by atoms with Crippen LogP contribution in [-0.2, 0) is 0 Å². The highest BCUT2D eigenvalue weighted by atomic mass is 35.5. The fourth-order valence-corrected chi connectivity index (χ4v) is 2.79. The second-order valence-electron chi connectivity index (χ2n) is 5.22. The van der Waals surface area contributed by atoms with Gasteiger partial charge in [0.2, 0.25) is 0 Å². The molecule has 0 spiro atoms. The molecule has 1 saturated carbocycles. The van der Waals surface area contributed by atoms with Crippen molar-refractivity contribution in [3.63, 3.8) is 0 Å². The molecule has 4 heteroatoms. The fraction of sp³-hybridized carbons (Fsp3) is 0.600. The van der Waals surface area contributed by atoms with Crippen LogP contribution in [0.25, 0.3) is 0 Å². The van der Waals surface area contributed by atoms with Gasteiger partial charge in [0.25, 0.3) is 0 Å². The maximum atomic E-state index is 13.6. The molecule has 0 bridgehead atoms. The molecule has 1 aromatic carbocycles. The summed E-state index contributed by atoms with van der Waals surface area (Å²) in [7, 11) is 0. The molecule has 2 rings (SSSR count). The molecule has 1 fully saturated rings. The van der Waals surface area contributed by atoms with E-state index in [2.05, 4.69) is 12.2 Å². The smallest absolute Gasteiger partial charge is 0.183 e. The molecule has 2 unspecified atom stereocenters. The predicted molar refractivity (Wildman–Crippen MR) is 76.3 cm³/mol. The van der Waals surface area contributed by atoms with Gasteiger partial charge in [0, 0.05) is 12.6 Å². The van der Waals surface area contributed by atoms with E-state index in [9.17, 15) is 4.39 Å². The Morgan fingerprint density at radius 1 is 1.37 bits per heavy atom. The van der Waals surface area contributed by atoms with Crippen LogP contribution in [0.1, 0.15) is 32.6 Å². The standard InChI is InChI=1S/C15H21ClFNO/c1-11-5-2-3-7-13(11)18-9-10-19-14-8-4-6-12(16)15(14)17/h4,6,8,11,13,18H,2-3,5,7,9-10H2,1H3. The Labute approximate surface area is 119 Å². The summed E-state index contributed by atoms with van der Waals surface area (Å²) in [6.45, 7) is 3.48. The minimum atomic E-state index is -0.477. The summed E-state index contributed by atoms with van der Waals surface area (Å²) in [5.41, 5.74) is 0. The van der Waals surface area contributed by atoms with Crippen LogP contribution < -0.4 is 10.1 Å². The maximum Gasteiger partial charge on any atom is 0.183 e. The summed E-state index contributed by atoms with van der Waals surface area (Å²) in [5.74, 6) is 0.470. The van der Waals surface area contributed by atoms with Gasteiger partial charge in [-0.2, -0.15) is 0 Å². The average Bonchev–Trinajstić information content (AvgIpc) is 2.41. The van der Waals surface area contributed by atoms with Gasteiger partial charge >= 0.3 is 0 Å². The lowest BCUT2D eigenvalue weighted by molar-refractivity contribution is 0.247. The Kier molecular flexibility index (Phi) is 5.46. The lowest BCUT2D eigenvalue weighted by Crippen LogP contribution is -2.39. The van der Waals surface area contributed by atoms with E-state index in [1.165, 1.54) is 31.7 Å². The minimum Gasteiger partial charge on any atom is -0.489 e. The van der Waals surface area contributed by atoms with E-state index < -0.39 is 5.82 Å². The van der Waals surface area contributed by atoms with E-state index in [1.807, 2.05) is 0 Å². The van der Waals surface area contributed by atoms with Crippen LogP contribution in [0.2, 0.25) is 5.02 Å². The van der Waals surface area contributed by atoms with E-state index in [4.69, 9.17) is 16.3 Å². The first kappa shape index (κ1) is 14.6. The first-order valence-corrected chi connectivity index (χ1v) is 7.36. The summed E-state index contributed by atoms with van der Waals surface area (Å²) in [6.07, 6.45) is 5.16. The number of rotatable bonds is 5. The molecule has 0 aliphatic heterocycles. The van der Waals surface area contributed by atoms with Crippen molar-refractivity contribution in [3.8, 4) is 5.75 Å². The first-order chi connectivity index (χ1) is 9.18. The zero-order chi connectivity index (χ0) is 13.7. The minimum absolute atomic E-state index is 0.103. The Hall–Kier alpha value is -0.800. The zero-order valence-electron chi connectivity index (χ0n) is 11.3. The van der Waals surface area contributed by atoms with Gasteiger partial charge in [-0.05, 0) is 30.9 Å². The average molecular weight is 286 g/mol. The summed E-state index contributed by atoms with van der Waals surface area (Å²) >= 11 is 5.70. The molecule has 1 aliphatic rings. The van der Waals surface area contributed by atoms with Crippen LogP contribution >= 0.6 is 11.6 Å².